The molecule has 1 N–H and O–H groups in total. The molecule has 1 aliphatic heterocycles. The molecular formula is C12H24O4. The molecule has 4 heteroatoms. The van der Waals surface area contributed by atoms with Crippen LogP contribution >= 0.6 is 0 Å². The third-order valence-corrected chi connectivity index (χ3v) is 2.61. The fourth-order valence-electron chi connectivity index (χ4n) is 1.80. The Hall–Kier alpha value is -0.160. The fourth-order valence-corrected chi connectivity index (χ4v) is 1.80. The average Bonchev–Trinajstić information content (AvgIpc) is 2.28. The minimum Gasteiger partial charge on any atom is -0.379 e. The van der Waals surface area contributed by atoms with Crippen LogP contribution in [0.15, 0.2) is 0 Å². The summed E-state index contributed by atoms with van der Waals surface area (Å²) in [5.41, 5.74) is 0. The lowest BCUT2D eigenvalue weighted by Gasteiger charge is -2.34. The molecule has 0 aromatic carbocycles. The molecule has 0 radical (unpaired) electrons. The molecule has 0 amide bonds. The van der Waals surface area contributed by atoms with E-state index in [4.69, 9.17) is 14.2 Å². The van der Waals surface area contributed by atoms with Crippen molar-refractivity contribution in [2.75, 3.05) is 19.8 Å². The molecule has 0 bridgehead atoms. The van der Waals surface area contributed by atoms with Crippen molar-refractivity contribution in [3.8, 4) is 0 Å². The van der Waals surface area contributed by atoms with Gasteiger partial charge in [-0.05, 0) is 19.3 Å². The van der Waals surface area contributed by atoms with Gasteiger partial charge in [0.2, 0.25) is 0 Å². The highest BCUT2D eigenvalue weighted by atomic mass is 16.6. The second-order valence-corrected chi connectivity index (χ2v) is 4.19. The van der Waals surface area contributed by atoms with Crippen LogP contribution in [0.25, 0.3) is 0 Å². The molecule has 16 heavy (non-hydrogen) atoms. The maximum Gasteiger partial charge on any atom is 0.155 e. The van der Waals surface area contributed by atoms with Gasteiger partial charge < -0.3 is 19.3 Å². The van der Waals surface area contributed by atoms with Gasteiger partial charge in [0.15, 0.2) is 6.29 Å². The summed E-state index contributed by atoms with van der Waals surface area (Å²) in [7, 11) is 0. The van der Waals surface area contributed by atoms with E-state index in [2.05, 4.69) is 13.8 Å². The lowest BCUT2D eigenvalue weighted by atomic mass is 10.1. The molecule has 0 spiro atoms. The summed E-state index contributed by atoms with van der Waals surface area (Å²) < 4.78 is 16.6. The second kappa shape index (κ2) is 8.01. The Morgan fingerprint density at radius 2 is 1.94 bits per heavy atom. The quantitative estimate of drug-likeness (QED) is 0.679. The molecule has 0 aliphatic carbocycles. The van der Waals surface area contributed by atoms with Crippen LogP contribution in [-0.2, 0) is 14.2 Å². The van der Waals surface area contributed by atoms with E-state index >= 15 is 0 Å². The van der Waals surface area contributed by atoms with E-state index < -0.39 is 6.29 Å². The van der Waals surface area contributed by atoms with Gasteiger partial charge in [-0.25, -0.2) is 0 Å². The predicted octanol–water partition coefficient (Wildman–Crippen LogP) is 1.71. The lowest BCUT2D eigenvalue weighted by Crippen LogP contribution is -2.43. The summed E-state index contributed by atoms with van der Waals surface area (Å²) in [6.45, 7) is 6.15. The summed E-state index contributed by atoms with van der Waals surface area (Å²) >= 11 is 0. The molecule has 1 aliphatic rings. The molecular weight excluding hydrogens is 208 g/mol. The Kier molecular flexibility index (Phi) is 6.96. The van der Waals surface area contributed by atoms with E-state index in [1.165, 1.54) is 0 Å². The van der Waals surface area contributed by atoms with E-state index in [9.17, 15) is 5.11 Å². The number of aliphatic hydroxyl groups is 1. The first-order valence-corrected chi connectivity index (χ1v) is 6.30. The van der Waals surface area contributed by atoms with Gasteiger partial charge in [0.1, 0.15) is 6.10 Å². The highest BCUT2D eigenvalue weighted by Gasteiger charge is 2.30. The Labute approximate surface area is 97.9 Å². The molecule has 96 valence electrons. The predicted molar refractivity (Wildman–Crippen MR) is 61.3 cm³/mol. The summed E-state index contributed by atoms with van der Waals surface area (Å²) in [5, 5.41) is 9.45. The van der Waals surface area contributed by atoms with Gasteiger partial charge in [0, 0.05) is 19.6 Å². The smallest absolute Gasteiger partial charge is 0.155 e. The van der Waals surface area contributed by atoms with Crippen LogP contribution in [-0.4, -0.2) is 43.4 Å². The monoisotopic (exact) mass is 232 g/mol. The summed E-state index contributed by atoms with van der Waals surface area (Å²) in [5.74, 6) is 0. The van der Waals surface area contributed by atoms with E-state index in [1.54, 1.807) is 0 Å². The number of rotatable bonds is 7. The average molecular weight is 232 g/mol. The van der Waals surface area contributed by atoms with Crippen molar-refractivity contribution in [2.24, 2.45) is 0 Å². The van der Waals surface area contributed by atoms with Gasteiger partial charge in [0.25, 0.3) is 0 Å². The van der Waals surface area contributed by atoms with Crippen molar-refractivity contribution in [3.05, 3.63) is 0 Å². The topological polar surface area (TPSA) is 47.9 Å². The fraction of sp³-hybridized carbons (Fsp3) is 1.00. The van der Waals surface area contributed by atoms with Gasteiger partial charge in [-0.2, -0.15) is 0 Å². The first-order chi connectivity index (χ1) is 7.77. The maximum absolute atomic E-state index is 9.45. The van der Waals surface area contributed by atoms with E-state index in [0.29, 0.717) is 13.0 Å². The Balaban J connectivity index is 2.32. The SMILES string of the molecule is CCCOCC1OC(O)CCC1OCCC. The Morgan fingerprint density at radius 3 is 2.62 bits per heavy atom. The highest BCUT2D eigenvalue weighted by Crippen LogP contribution is 2.21. The van der Waals surface area contributed by atoms with Crippen molar-refractivity contribution < 1.29 is 19.3 Å². The van der Waals surface area contributed by atoms with Gasteiger partial charge in [-0.3, -0.25) is 0 Å². The second-order valence-electron chi connectivity index (χ2n) is 4.19. The molecule has 4 nitrogen and oxygen atoms in total. The first kappa shape index (κ1) is 13.9. The molecule has 0 aromatic rings. The van der Waals surface area contributed by atoms with Gasteiger partial charge >= 0.3 is 0 Å². The molecule has 1 heterocycles. The van der Waals surface area contributed by atoms with E-state index in [0.717, 1.165) is 32.5 Å². The number of hydrogen-bond donors (Lipinski definition) is 1. The minimum atomic E-state index is -0.656. The van der Waals surface area contributed by atoms with Crippen LogP contribution in [0.5, 0.6) is 0 Å². The molecule has 3 atom stereocenters. The normalized spacial score (nSPS) is 30.6. The molecule has 1 rings (SSSR count). The van der Waals surface area contributed by atoms with E-state index in [-0.39, 0.29) is 12.2 Å². The van der Waals surface area contributed by atoms with Crippen LogP contribution in [0.1, 0.15) is 39.5 Å². The molecule has 3 unspecified atom stereocenters. The Morgan fingerprint density at radius 1 is 1.19 bits per heavy atom. The van der Waals surface area contributed by atoms with Crippen molar-refractivity contribution in [1.29, 1.82) is 0 Å². The van der Waals surface area contributed by atoms with Crippen molar-refractivity contribution >= 4 is 0 Å². The summed E-state index contributed by atoms with van der Waals surface area (Å²) in [4.78, 5) is 0. The van der Waals surface area contributed by atoms with Crippen LogP contribution < -0.4 is 0 Å². The summed E-state index contributed by atoms with van der Waals surface area (Å²) in [6, 6.07) is 0. The van der Waals surface area contributed by atoms with Crippen molar-refractivity contribution in [3.63, 3.8) is 0 Å². The van der Waals surface area contributed by atoms with Crippen LogP contribution in [0.3, 0.4) is 0 Å². The molecule has 1 fully saturated rings. The third kappa shape index (κ3) is 4.78. The zero-order chi connectivity index (χ0) is 11.8. The van der Waals surface area contributed by atoms with Gasteiger partial charge in [0.05, 0.1) is 12.7 Å². The molecule has 1 saturated heterocycles. The van der Waals surface area contributed by atoms with Crippen molar-refractivity contribution in [1.82, 2.24) is 0 Å². The number of hydrogen-bond acceptors (Lipinski definition) is 4. The molecule has 0 saturated carbocycles. The van der Waals surface area contributed by atoms with Crippen LogP contribution in [0, 0.1) is 0 Å². The first-order valence-electron chi connectivity index (χ1n) is 6.30. The lowest BCUT2D eigenvalue weighted by molar-refractivity contribution is -0.221. The van der Waals surface area contributed by atoms with E-state index in [1.807, 2.05) is 0 Å². The minimum absolute atomic E-state index is 0.0696. The maximum atomic E-state index is 9.45. The van der Waals surface area contributed by atoms with Crippen LogP contribution in [0.2, 0.25) is 0 Å². The standard InChI is InChI=1S/C12H24O4/c1-3-7-14-9-11-10(15-8-4-2)5-6-12(13)16-11/h10-13H,3-9H2,1-2H3. The third-order valence-electron chi connectivity index (χ3n) is 2.61. The summed E-state index contributed by atoms with van der Waals surface area (Å²) in [6.07, 6.45) is 2.79. The van der Waals surface area contributed by atoms with Gasteiger partial charge in [-0.15, -0.1) is 0 Å². The number of ether oxygens (including phenoxy) is 3. The highest BCUT2D eigenvalue weighted by molar-refractivity contribution is 4.76. The number of aliphatic hydroxyl groups excluding tert-OH is 1. The van der Waals surface area contributed by atoms with Crippen LogP contribution in [0.4, 0.5) is 0 Å². The Bertz CT molecular complexity index is 172. The van der Waals surface area contributed by atoms with Crippen molar-refractivity contribution in [2.45, 2.75) is 58.0 Å². The zero-order valence-electron chi connectivity index (χ0n) is 10.4. The van der Waals surface area contributed by atoms with Gasteiger partial charge in [-0.1, -0.05) is 13.8 Å². The zero-order valence-corrected chi connectivity index (χ0v) is 10.4. The largest absolute Gasteiger partial charge is 0.379 e. The molecule has 0 aromatic heterocycles.